The summed E-state index contributed by atoms with van der Waals surface area (Å²) in [5, 5.41) is 0. The molecule has 1 aromatic rings. The SMILES string of the molecule is CCN(Cc1ccc2c(c1)OCO2)C(=O)CC1CCN(C(=O)OC(C)(C)C)CC1. The molecule has 0 bridgehead atoms. The van der Waals surface area contributed by atoms with Crippen molar-refractivity contribution in [2.45, 2.75) is 59.1 Å². The van der Waals surface area contributed by atoms with E-state index in [1.54, 1.807) is 4.90 Å². The quantitative estimate of drug-likeness (QED) is 0.747. The second-order valence-corrected chi connectivity index (χ2v) is 8.71. The Balaban J connectivity index is 1.48. The molecule has 0 atom stereocenters. The van der Waals surface area contributed by atoms with Gasteiger partial charge in [0.1, 0.15) is 5.60 Å². The molecular formula is C22H32N2O5. The minimum Gasteiger partial charge on any atom is -0.454 e. The molecule has 2 heterocycles. The Labute approximate surface area is 172 Å². The van der Waals surface area contributed by atoms with Gasteiger partial charge in [-0.3, -0.25) is 4.79 Å². The normalized spacial score (nSPS) is 16.6. The Morgan fingerprint density at radius 1 is 1.17 bits per heavy atom. The summed E-state index contributed by atoms with van der Waals surface area (Å²) in [5.74, 6) is 1.94. The Morgan fingerprint density at radius 2 is 1.86 bits per heavy atom. The lowest BCUT2D eigenvalue weighted by Gasteiger charge is -2.34. The first-order valence-corrected chi connectivity index (χ1v) is 10.4. The van der Waals surface area contributed by atoms with E-state index in [0.29, 0.717) is 38.5 Å². The topological polar surface area (TPSA) is 68.3 Å². The molecule has 7 nitrogen and oxygen atoms in total. The van der Waals surface area contributed by atoms with Gasteiger partial charge in [0.2, 0.25) is 12.7 Å². The van der Waals surface area contributed by atoms with Gasteiger partial charge in [0, 0.05) is 32.6 Å². The zero-order valence-electron chi connectivity index (χ0n) is 17.9. The van der Waals surface area contributed by atoms with Crippen LogP contribution in [0.4, 0.5) is 4.79 Å². The standard InChI is InChI=1S/C22H32N2O5/c1-5-23(14-17-6-7-18-19(12-17)28-15-27-18)20(25)13-16-8-10-24(11-9-16)21(26)29-22(2,3)4/h6-7,12,16H,5,8-11,13-15H2,1-4H3. The number of fused-ring (bicyclic) bond motifs is 1. The Bertz CT molecular complexity index is 735. The summed E-state index contributed by atoms with van der Waals surface area (Å²) in [7, 11) is 0. The summed E-state index contributed by atoms with van der Waals surface area (Å²) in [6.07, 6.45) is 1.90. The van der Waals surface area contributed by atoms with Gasteiger partial charge < -0.3 is 24.0 Å². The van der Waals surface area contributed by atoms with Crippen molar-refractivity contribution >= 4 is 12.0 Å². The number of likely N-dealkylation sites (tertiary alicyclic amines) is 1. The van der Waals surface area contributed by atoms with E-state index in [9.17, 15) is 9.59 Å². The van der Waals surface area contributed by atoms with E-state index in [-0.39, 0.29) is 18.8 Å². The van der Waals surface area contributed by atoms with E-state index in [1.165, 1.54) is 0 Å². The number of carbonyl (C=O) groups is 2. The molecule has 2 amide bonds. The van der Waals surface area contributed by atoms with Crippen LogP contribution in [0, 0.1) is 5.92 Å². The molecule has 1 fully saturated rings. The van der Waals surface area contributed by atoms with Gasteiger partial charge in [-0.25, -0.2) is 4.79 Å². The first-order valence-electron chi connectivity index (χ1n) is 10.4. The summed E-state index contributed by atoms with van der Waals surface area (Å²) >= 11 is 0. The van der Waals surface area contributed by atoms with Crippen LogP contribution in [0.3, 0.4) is 0 Å². The number of amides is 2. The maximum absolute atomic E-state index is 12.8. The second kappa shape index (κ2) is 8.93. The van der Waals surface area contributed by atoms with Crippen molar-refractivity contribution in [1.29, 1.82) is 0 Å². The number of carbonyl (C=O) groups excluding carboxylic acids is 2. The number of rotatable bonds is 5. The number of hydrogen-bond donors (Lipinski definition) is 0. The van der Waals surface area contributed by atoms with Gasteiger partial charge in [-0.1, -0.05) is 6.07 Å². The first-order chi connectivity index (χ1) is 13.7. The Kier molecular flexibility index (Phi) is 6.55. The van der Waals surface area contributed by atoms with Gasteiger partial charge in [-0.05, 0) is 64.2 Å². The molecule has 0 aliphatic carbocycles. The molecule has 160 valence electrons. The molecule has 7 heteroatoms. The Morgan fingerprint density at radius 3 is 2.52 bits per heavy atom. The number of ether oxygens (including phenoxy) is 3. The molecule has 29 heavy (non-hydrogen) atoms. The first kappa shape index (κ1) is 21.3. The van der Waals surface area contributed by atoms with Crippen molar-refractivity contribution in [1.82, 2.24) is 9.80 Å². The largest absolute Gasteiger partial charge is 0.454 e. The van der Waals surface area contributed by atoms with Gasteiger partial charge >= 0.3 is 6.09 Å². The summed E-state index contributed by atoms with van der Waals surface area (Å²) < 4.78 is 16.2. The fraction of sp³-hybridized carbons (Fsp3) is 0.636. The number of benzene rings is 1. The smallest absolute Gasteiger partial charge is 0.410 e. The van der Waals surface area contributed by atoms with Crippen molar-refractivity contribution in [3.63, 3.8) is 0 Å². The number of hydrogen-bond acceptors (Lipinski definition) is 5. The average molecular weight is 405 g/mol. The maximum Gasteiger partial charge on any atom is 0.410 e. The molecule has 1 aromatic carbocycles. The number of piperidine rings is 1. The van der Waals surface area contributed by atoms with Crippen LogP contribution >= 0.6 is 0 Å². The van der Waals surface area contributed by atoms with Crippen molar-refractivity contribution < 1.29 is 23.8 Å². The third kappa shape index (κ3) is 5.78. The molecule has 0 spiro atoms. The monoisotopic (exact) mass is 404 g/mol. The maximum atomic E-state index is 12.8. The van der Waals surface area contributed by atoms with Crippen LogP contribution in [0.1, 0.15) is 52.5 Å². The highest BCUT2D eigenvalue weighted by molar-refractivity contribution is 5.76. The Hall–Kier alpha value is -2.44. The lowest BCUT2D eigenvalue weighted by atomic mass is 9.93. The van der Waals surface area contributed by atoms with Crippen LogP contribution in [0.2, 0.25) is 0 Å². The predicted molar refractivity (Wildman–Crippen MR) is 109 cm³/mol. The zero-order valence-corrected chi connectivity index (χ0v) is 17.9. The van der Waals surface area contributed by atoms with Crippen molar-refractivity contribution in [2.75, 3.05) is 26.4 Å². The third-order valence-electron chi connectivity index (χ3n) is 5.27. The zero-order chi connectivity index (χ0) is 21.0. The highest BCUT2D eigenvalue weighted by Crippen LogP contribution is 2.33. The number of nitrogens with zero attached hydrogens (tertiary/aromatic N) is 2. The molecule has 2 aliphatic heterocycles. The van der Waals surface area contributed by atoms with Gasteiger partial charge in [-0.15, -0.1) is 0 Å². The fourth-order valence-corrected chi connectivity index (χ4v) is 3.66. The summed E-state index contributed by atoms with van der Waals surface area (Å²) in [5.41, 5.74) is 0.546. The van der Waals surface area contributed by atoms with E-state index >= 15 is 0 Å². The molecule has 3 rings (SSSR count). The molecule has 0 radical (unpaired) electrons. The molecule has 2 aliphatic rings. The molecule has 0 saturated carbocycles. The second-order valence-electron chi connectivity index (χ2n) is 8.71. The molecule has 0 aromatic heterocycles. The van der Waals surface area contributed by atoms with Crippen LogP contribution in [-0.4, -0.2) is 53.8 Å². The summed E-state index contributed by atoms with van der Waals surface area (Å²) in [6, 6.07) is 5.81. The fourth-order valence-electron chi connectivity index (χ4n) is 3.66. The third-order valence-corrected chi connectivity index (χ3v) is 5.27. The molecule has 0 unspecified atom stereocenters. The highest BCUT2D eigenvalue weighted by Gasteiger charge is 2.28. The lowest BCUT2D eigenvalue weighted by Crippen LogP contribution is -2.42. The summed E-state index contributed by atoms with van der Waals surface area (Å²) in [4.78, 5) is 28.7. The van der Waals surface area contributed by atoms with E-state index < -0.39 is 5.60 Å². The average Bonchev–Trinajstić information content (AvgIpc) is 3.13. The van der Waals surface area contributed by atoms with Crippen molar-refractivity contribution in [3.05, 3.63) is 23.8 Å². The van der Waals surface area contributed by atoms with E-state index in [1.807, 2.05) is 50.8 Å². The highest BCUT2D eigenvalue weighted by atomic mass is 16.7. The van der Waals surface area contributed by atoms with Crippen LogP contribution in [0.15, 0.2) is 18.2 Å². The minimum absolute atomic E-state index is 0.154. The van der Waals surface area contributed by atoms with Crippen molar-refractivity contribution in [3.8, 4) is 11.5 Å². The minimum atomic E-state index is -0.486. The van der Waals surface area contributed by atoms with Gasteiger partial charge in [0.05, 0.1) is 0 Å². The predicted octanol–water partition coefficient (Wildman–Crippen LogP) is 3.80. The van der Waals surface area contributed by atoms with Crippen LogP contribution < -0.4 is 9.47 Å². The van der Waals surface area contributed by atoms with E-state index in [2.05, 4.69) is 0 Å². The van der Waals surface area contributed by atoms with Crippen molar-refractivity contribution in [2.24, 2.45) is 5.92 Å². The molecular weight excluding hydrogens is 372 g/mol. The lowest BCUT2D eigenvalue weighted by molar-refractivity contribution is -0.133. The van der Waals surface area contributed by atoms with Crippen LogP contribution in [-0.2, 0) is 16.1 Å². The van der Waals surface area contributed by atoms with Gasteiger partial charge in [0.15, 0.2) is 11.5 Å². The van der Waals surface area contributed by atoms with Gasteiger partial charge in [0.25, 0.3) is 0 Å². The summed E-state index contributed by atoms with van der Waals surface area (Å²) in [6.45, 7) is 10.4. The van der Waals surface area contributed by atoms with Gasteiger partial charge in [-0.2, -0.15) is 0 Å². The molecule has 1 saturated heterocycles. The van der Waals surface area contributed by atoms with Crippen LogP contribution in [0.25, 0.3) is 0 Å². The molecule has 0 N–H and O–H groups in total. The van der Waals surface area contributed by atoms with E-state index in [0.717, 1.165) is 29.9 Å². The van der Waals surface area contributed by atoms with Crippen LogP contribution in [0.5, 0.6) is 11.5 Å². The van der Waals surface area contributed by atoms with E-state index in [4.69, 9.17) is 14.2 Å².